The van der Waals surface area contributed by atoms with E-state index < -0.39 is 11.7 Å². The van der Waals surface area contributed by atoms with Crippen LogP contribution in [0.4, 0.5) is 0 Å². The van der Waals surface area contributed by atoms with E-state index in [4.69, 9.17) is 13.6 Å². The lowest BCUT2D eigenvalue weighted by Gasteiger charge is -2.11. The third-order valence-corrected chi connectivity index (χ3v) is 4.67. The molecule has 144 valence electrons. The molecule has 2 N–H and O–H groups in total. The van der Waals surface area contributed by atoms with Crippen LogP contribution < -0.4 is 10.9 Å². The highest BCUT2D eigenvalue weighted by molar-refractivity contribution is 5.96. The summed E-state index contributed by atoms with van der Waals surface area (Å²) in [5.74, 6) is -0.245. The summed E-state index contributed by atoms with van der Waals surface area (Å²) in [6, 6.07) is 3.67. The molecule has 1 atom stereocenters. The van der Waals surface area contributed by atoms with Gasteiger partial charge in [-0.15, -0.1) is 0 Å². The Kier molecular flexibility index (Phi) is 5.62. The number of carbonyl (C=O) groups excluding carboxylic acids is 1. The van der Waals surface area contributed by atoms with Crippen LogP contribution in [-0.2, 0) is 16.0 Å². The molecule has 0 aliphatic heterocycles. The van der Waals surface area contributed by atoms with Gasteiger partial charge in [0, 0.05) is 42.5 Å². The van der Waals surface area contributed by atoms with Crippen LogP contribution in [-0.4, -0.2) is 37.4 Å². The molecule has 7 nitrogen and oxygen atoms in total. The Morgan fingerprint density at radius 3 is 2.78 bits per heavy atom. The molecular weight excluding hydrogens is 350 g/mol. The Morgan fingerprint density at radius 1 is 1.26 bits per heavy atom. The van der Waals surface area contributed by atoms with Crippen molar-refractivity contribution in [1.82, 2.24) is 5.32 Å². The van der Waals surface area contributed by atoms with Crippen molar-refractivity contribution in [1.29, 1.82) is 0 Å². The molecule has 3 aromatic rings. The number of benzene rings is 1. The Balaban J connectivity index is 1.80. The summed E-state index contributed by atoms with van der Waals surface area (Å²) >= 11 is 0. The minimum Gasteiger partial charge on any atom is -0.464 e. The van der Waals surface area contributed by atoms with Crippen LogP contribution >= 0.6 is 0 Å². The van der Waals surface area contributed by atoms with Crippen LogP contribution in [0.5, 0.6) is 0 Å². The summed E-state index contributed by atoms with van der Waals surface area (Å²) in [4.78, 5) is 24.4. The van der Waals surface area contributed by atoms with Gasteiger partial charge in [-0.3, -0.25) is 4.79 Å². The lowest BCUT2D eigenvalue weighted by molar-refractivity contribution is -0.121. The molecule has 2 heterocycles. The monoisotopic (exact) mass is 373 g/mol. The Labute approximate surface area is 155 Å². The number of methoxy groups -OCH3 is 1. The van der Waals surface area contributed by atoms with Gasteiger partial charge in [0.05, 0.1) is 19.0 Å². The van der Waals surface area contributed by atoms with Gasteiger partial charge < -0.3 is 24.0 Å². The molecule has 0 spiro atoms. The van der Waals surface area contributed by atoms with Crippen LogP contribution in [0.15, 0.2) is 32.0 Å². The smallest absolute Gasteiger partial charge is 0.339 e. The van der Waals surface area contributed by atoms with Gasteiger partial charge >= 0.3 is 5.63 Å². The van der Waals surface area contributed by atoms with Crippen molar-refractivity contribution >= 4 is 27.8 Å². The predicted octanol–water partition coefficient (Wildman–Crippen LogP) is 2.21. The molecule has 27 heavy (non-hydrogen) atoms. The van der Waals surface area contributed by atoms with Crippen molar-refractivity contribution in [2.45, 2.75) is 32.8 Å². The van der Waals surface area contributed by atoms with Crippen molar-refractivity contribution in [2.75, 3.05) is 20.3 Å². The number of carbonyl (C=O) groups is 1. The maximum absolute atomic E-state index is 12.4. The zero-order chi connectivity index (χ0) is 19.6. The first-order chi connectivity index (χ1) is 12.9. The fourth-order valence-corrected chi connectivity index (χ4v) is 3.14. The molecule has 0 aliphatic carbocycles. The van der Waals surface area contributed by atoms with Crippen molar-refractivity contribution < 1.29 is 23.5 Å². The summed E-state index contributed by atoms with van der Waals surface area (Å²) < 4.78 is 15.7. The summed E-state index contributed by atoms with van der Waals surface area (Å²) in [5, 5.41) is 14.0. The summed E-state index contributed by atoms with van der Waals surface area (Å²) in [5.41, 5.74) is 2.98. The van der Waals surface area contributed by atoms with E-state index >= 15 is 0 Å². The standard InChI is InChI=1S/C20H23NO6/c1-11-9-26-17-7-18-16(6-15(11)17)12(2)14(20(24)27-18)4-5-19(23)21-8-13(22)10-25-3/h6-7,9,13,22H,4-5,8,10H2,1-3H3,(H,21,23). The highest BCUT2D eigenvalue weighted by Gasteiger charge is 2.15. The molecule has 0 radical (unpaired) electrons. The molecule has 7 heteroatoms. The minimum atomic E-state index is -0.757. The molecule has 0 saturated carbocycles. The minimum absolute atomic E-state index is 0.107. The Bertz CT molecular complexity index is 1030. The van der Waals surface area contributed by atoms with E-state index in [0.29, 0.717) is 16.7 Å². The highest BCUT2D eigenvalue weighted by atomic mass is 16.5. The zero-order valence-electron chi connectivity index (χ0n) is 15.6. The molecule has 0 saturated heterocycles. The molecule has 1 unspecified atom stereocenters. The molecule has 2 aromatic heterocycles. The average Bonchev–Trinajstić information content (AvgIpc) is 2.99. The van der Waals surface area contributed by atoms with E-state index in [1.54, 1.807) is 12.3 Å². The third kappa shape index (κ3) is 4.04. The molecule has 3 rings (SSSR count). The number of nitrogens with one attached hydrogen (secondary N) is 1. The zero-order valence-corrected chi connectivity index (χ0v) is 15.6. The van der Waals surface area contributed by atoms with Gasteiger partial charge in [-0.2, -0.15) is 0 Å². The largest absolute Gasteiger partial charge is 0.464 e. The number of aliphatic hydroxyl groups excluding tert-OH is 1. The lowest BCUT2D eigenvalue weighted by atomic mass is 10.0. The van der Waals surface area contributed by atoms with Gasteiger partial charge in [0.25, 0.3) is 0 Å². The number of amides is 1. The van der Waals surface area contributed by atoms with Crippen LogP contribution in [0.2, 0.25) is 0 Å². The molecule has 0 fully saturated rings. The number of rotatable bonds is 7. The fraction of sp³-hybridized carbons (Fsp3) is 0.400. The number of hydrogen-bond donors (Lipinski definition) is 2. The van der Waals surface area contributed by atoms with Gasteiger partial charge in [0.2, 0.25) is 5.91 Å². The van der Waals surface area contributed by atoms with Crippen molar-refractivity contribution in [2.24, 2.45) is 0 Å². The summed E-state index contributed by atoms with van der Waals surface area (Å²) in [7, 11) is 1.48. The van der Waals surface area contributed by atoms with E-state index in [1.165, 1.54) is 7.11 Å². The second kappa shape index (κ2) is 7.94. The molecule has 1 amide bonds. The quantitative estimate of drug-likeness (QED) is 0.616. The van der Waals surface area contributed by atoms with Crippen LogP contribution in [0.1, 0.15) is 23.1 Å². The van der Waals surface area contributed by atoms with Gasteiger partial charge in [-0.05, 0) is 37.5 Å². The number of aliphatic hydroxyl groups is 1. The Hall–Kier alpha value is -2.64. The van der Waals surface area contributed by atoms with Crippen molar-refractivity contribution in [3.8, 4) is 0 Å². The van der Waals surface area contributed by atoms with Crippen LogP contribution in [0.3, 0.4) is 0 Å². The van der Waals surface area contributed by atoms with E-state index in [0.717, 1.165) is 21.9 Å². The normalized spacial score (nSPS) is 12.6. The first-order valence-corrected chi connectivity index (χ1v) is 8.78. The average molecular weight is 373 g/mol. The van der Waals surface area contributed by atoms with E-state index in [9.17, 15) is 14.7 Å². The predicted molar refractivity (Wildman–Crippen MR) is 101 cm³/mol. The number of ether oxygens (including phenoxy) is 1. The van der Waals surface area contributed by atoms with Gasteiger partial charge in [0.15, 0.2) is 0 Å². The first kappa shape index (κ1) is 19.1. The molecule has 0 aliphatic rings. The Morgan fingerprint density at radius 2 is 2.04 bits per heavy atom. The van der Waals surface area contributed by atoms with Crippen molar-refractivity contribution in [3.63, 3.8) is 0 Å². The van der Waals surface area contributed by atoms with Gasteiger partial charge in [0.1, 0.15) is 11.2 Å². The number of fused-ring (bicyclic) bond motifs is 2. The van der Waals surface area contributed by atoms with Gasteiger partial charge in [-0.1, -0.05) is 0 Å². The maximum atomic E-state index is 12.4. The first-order valence-electron chi connectivity index (χ1n) is 8.78. The summed E-state index contributed by atoms with van der Waals surface area (Å²) in [6.45, 7) is 4.07. The van der Waals surface area contributed by atoms with E-state index in [-0.39, 0.29) is 31.9 Å². The van der Waals surface area contributed by atoms with Crippen molar-refractivity contribution in [3.05, 3.63) is 45.5 Å². The second-order valence-electron chi connectivity index (χ2n) is 6.67. The number of aryl methyl sites for hydroxylation is 2. The lowest BCUT2D eigenvalue weighted by Crippen LogP contribution is -2.34. The molecule has 1 aromatic carbocycles. The third-order valence-electron chi connectivity index (χ3n) is 4.67. The molecule has 0 bridgehead atoms. The van der Waals surface area contributed by atoms with Gasteiger partial charge in [-0.25, -0.2) is 4.79 Å². The molecular formula is C20H23NO6. The summed E-state index contributed by atoms with van der Waals surface area (Å²) in [6.07, 6.45) is 1.30. The SMILES string of the molecule is COCC(O)CNC(=O)CCc1c(C)c2cc3c(C)coc3cc2oc1=O. The topological polar surface area (TPSA) is 102 Å². The second-order valence-corrected chi connectivity index (χ2v) is 6.67. The highest BCUT2D eigenvalue weighted by Crippen LogP contribution is 2.28. The van der Waals surface area contributed by atoms with E-state index in [2.05, 4.69) is 5.32 Å². The van der Waals surface area contributed by atoms with Crippen LogP contribution in [0.25, 0.3) is 21.9 Å². The van der Waals surface area contributed by atoms with Crippen LogP contribution in [0, 0.1) is 13.8 Å². The number of hydrogen-bond acceptors (Lipinski definition) is 6. The van der Waals surface area contributed by atoms with E-state index in [1.807, 2.05) is 19.9 Å². The maximum Gasteiger partial charge on any atom is 0.339 e. The fourth-order valence-electron chi connectivity index (χ4n) is 3.14. The number of furan rings is 1.